The zero-order valence-corrected chi connectivity index (χ0v) is 12.6. The maximum atomic E-state index is 3.48. The predicted octanol–water partition coefficient (Wildman–Crippen LogP) is 4.63. The van der Waals surface area contributed by atoms with Crippen molar-refractivity contribution < 1.29 is 0 Å². The summed E-state index contributed by atoms with van der Waals surface area (Å²) in [6.07, 6.45) is 0. The molecule has 3 rings (SSSR count). The first-order valence-electron chi connectivity index (χ1n) is 7.18. The number of rotatable bonds is 2. The van der Waals surface area contributed by atoms with Crippen molar-refractivity contribution in [1.29, 1.82) is 0 Å². The van der Waals surface area contributed by atoms with Crippen LogP contribution in [0.15, 0.2) is 42.5 Å². The van der Waals surface area contributed by atoms with Gasteiger partial charge >= 0.3 is 0 Å². The van der Waals surface area contributed by atoms with E-state index >= 15 is 0 Å². The fraction of sp³-hybridized carbons (Fsp3) is 0.333. The van der Waals surface area contributed by atoms with Crippen LogP contribution in [0.4, 0.5) is 0 Å². The quantitative estimate of drug-likeness (QED) is 0.695. The number of aromatic nitrogens is 1. The lowest BCUT2D eigenvalue weighted by atomic mass is 9.82. The van der Waals surface area contributed by atoms with E-state index in [4.69, 9.17) is 0 Å². The molecule has 2 nitrogen and oxygen atoms in total. The molecule has 3 aromatic rings. The molecule has 2 heteroatoms. The van der Waals surface area contributed by atoms with E-state index in [1.807, 2.05) is 7.05 Å². The summed E-state index contributed by atoms with van der Waals surface area (Å²) in [5, 5.41) is 6.06. The molecular weight excluding hydrogens is 244 g/mol. The molecule has 0 bridgehead atoms. The number of hydrogen-bond acceptors (Lipinski definition) is 1. The lowest BCUT2D eigenvalue weighted by molar-refractivity contribution is 0.287. The summed E-state index contributed by atoms with van der Waals surface area (Å²) in [7, 11) is 2.04. The van der Waals surface area contributed by atoms with E-state index in [0.29, 0.717) is 6.04 Å². The molecule has 0 spiro atoms. The molecule has 0 radical (unpaired) electrons. The summed E-state index contributed by atoms with van der Waals surface area (Å²) in [4.78, 5) is 3.48. The highest BCUT2D eigenvalue weighted by Gasteiger charge is 2.24. The van der Waals surface area contributed by atoms with Crippen LogP contribution in [0.25, 0.3) is 21.8 Å². The van der Waals surface area contributed by atoms with E-state index in [2.05, 4.69) is 73.5 Å². The Morgan fingerprint density at radius 1 is 0.950 bits per heavy atom. The van der Waals surface area contributed by atoms with Crippen molar-refractivity contribution in [2.75, 3.05) is 7.05 Å². The normalized spacial score (nSPS) is 14.0. The highest BCUT2D eigenvalue weighted by Crippen LogP contribution is 2.35. The SMILES string of the molecule is CNC(c1ccc2[nH]c3ccccc3c2c1)C(C)(C)C. The summed E-state index contributed by atoms with van der Waals surface area (Å²) < 4.78 is 0. The summed E-state index contributed by atoms with van der Waals surface area (Å²) in [5.41, 5.74) is 3.95. The van der Waals surface area contributed by atoms with Gasteiger partial charge in [-0.25, -0.2) is 0 Å². The number of fused-ring (bicyclic) bond motifs is 3. The Morgan fingerprint density at radius 2 is 1.65 bits per heavy atom. The van der Waals surface area contributed by atoms with Gasteiger partial charge in [-0.1, -0.05) is 45.0 Å². The summed E-state index contributed by atoms with van der Waals surface area (Å²) >= 11 is 0. The van der Waals surface area contributed by atoms with Crippen LogP contribution in [0.5, 0.6) is 0 Å². The minimum Gasteiger partial charge on any atom is -0.355 e. The van der Waals surface area contributed by atoms with E-state index in [0.717, 1.165) is 0 Å². The van der Waals surface area contributed by atoms with Gasteiger partial charge < -0.3 is 10.3 Å². The minimum atomic E-state index is 0.189. The predicted molar refractivity (Wildman–Crippen MR) is 87.1 cm³/mol. The van der Waals surface area contributed by atoms with Crippen LogP contribution >= 0.6 is 0 Å². The topological polar surface area (TPSA) is 27.8 Å². The summed E-state index contributed by atoms with van der Waals surface area (Å²) in [6.45, 7) is 6.81. The Bertz CT molecular complexity index is 747. The highest BCUT2D eigenvalue weighted by atomic mass is 14.9. The Balaban J connectivity index is 2.21. The molecule has 2 N–H and O–H groups in total. The molecule has 1 aromatic heterocycles. The van der Waals surface area contributed by atoms with Crippen LogP contribution in [0.3, 0.4) is 0 Å². The van der Waals surface area contributed by atoms with Crippen molar-refractivity contribution in [2.45, 2.75) is 26.8 Å². The van der Waals surface area contributed by atoms with Crippen molar-refractivity contribution in [2.24, 2.45) is 5.41 Å². The summed E-state index contributed by atoms with van der Waals surface area (Å²) in [5.74, 6) is 0. The first-order valence-corrected chi connectivity index (χ1v) is 7.18. The molecule has 0 aliphatic heterocycles. The van der Waals surface area contributed by atoms with Crippen LogP contribution in [0, 0.1) is 5.41 Å². The fourth-order valence-corrected chi connectivity index (χ4v) is 3.15. The average Bonchev–Trinajstić information content (AvgIpc) is 2.76. The van der Waals surface area contributed by atoms with Crippen molar-refractivity contribution in [3.8, 4) is 0 Å². The van der Waals surface area contributed by atoms with Gasteiger partial charge in [0.05, 0.1) is 0 Å². The maximum absolute atomic E-state index is 3.48. The molecule has 0 saturated carbocycles. The Kier molecular flexibility index (Phi) is 3.06. The number of para-hydroxylation sites is 1. The lowest BCUT2D eigenvalue weighted by Gasteiger charge is -2.31. The first-order chi connectivity index (χ1) is 9.50. The molecule has 0 amide bonds. The lowest BCUT2D eigenvalue weighted by Crippen LogP contribution is -2.29. The minimum absolute atomic E-state index is 0.189. The smallest absolute Gasteiger partial charge is 0.0465 e. The third-order valence-electron chi connectivity index (χ3n) is 4.02. The largest absolute Gasteiger partial charge is 0.355 e. The van der Waals surface area contributed by atoms with Gasteiger partial charge in [0.15, 0.2) is 0 Å². The second-order valence-corrected chi connectivity index (χ2v) is 6.56. The number of nitrogens with one attached hydrogen (secondary N) is 2. The maximum Gasteiger partial charge on any atom is 0.0465 e. The van der Waals surface area contributed by atoms with Gasteiger partial charge in [0.2, 0.25) is 0 Å². The number of H-pyrrole nitrogens is 1. The van der Waals surface area contributed by atoms with Crippen molar-refractivity contribution >= 4 is 21.8 Å². The number of hydrogen-bond donors (Lipinski definition) is 2. The molecule has 2 aromatic carbocycles. The Morgan fingerprint density at radius 3 is 2.35 bits per heavy atom. The molecule has 0 aliphatic rings. The molecule has 1 heterocycles. The van der Waals surface area contributed by atoms with E-state index in [9.17, 15) is 0 Å². The third-order valence-corrected chi connectivity index (χ3v) is 4.02. The fourth-order valence-electron chi connectivity index (χ4n) is 3.15. The second kappa shape index (κ2) is 4.64. The molecule has 1 unspecified atom stereocenters. The number of benzene rings is 2. The first kappa shape index (κ1) is 13.2. The third kappa shape index (κ3) is 2.10. The van der Waals surface area contributed by atoms with Crippen LogP contribution in [0.2, 0.25) is 0 Å². The van der Waals surface area contributed by atoms with Crippen molar-refractivity contribution in [3.05, 3.63) is 48.0 Å². The van der Waals surface area contributed by atoms with E-state index in [1.54, 1.807) is 0 Å². The molecule has 0 fully saturated rings. The monoisotopic (exact) mass is 266 g/mol. The van der Waals surface area contributed by atoms with Gasteiger partial charge in [0.25, 0.3) is 0 Å². The summed E-state index contributed by atoms with van der Waals surface area (Å²) in [6, 6.07) is 15.6. The molecule has 1 atom stereocenters. The van der Waals surface area contributed by atoms with Gasteiger partial charge in [-0.3, -0.25) is 0 Å². The molecule has 104 valence electrons. The van der Waals surface area contributed by atoms with Gasteiger partial charge in [-0.15, -0.1) is 0 Å². The van der Waals surface area contributed by atoms with Gasteiger partial charge in [-0.2, -0.15) is 0 Å². The van der Waals surface area contributed by atoms with Crippen LogP contribution < -0.4 is 5.32 Å². The molecule has 0 saturated heterocycles. The molecule has 0 aliphatic carbocycles. The van der Waals surface area contributed by atoms with E-state index < -0.39 is 0 Å². The van der Waals surface area contributed by atoms with Gasteiger partial charge in [0.1, 0.15) is 0 Å². The van der Waals surface area contributed by atoms with Crippen LogP contribution in [0.1, 0.15) is 32.4 Å². The van der Waals surface area contributed by atoms with Crippen LogP contribution in [-0.4, -0.2) is 12.0 Å². The Labute approximate surface area is 120 Å². The molecular formula is C18H22N2. The molecule has 20 heavy (non-hydrogen) atoms. The average molecular weight is 266 g/mol. The van der Waals surface area contributed by atoms with Crippen LogP contribution in [-0.2, 0) is 0 Å². The number of aromatic amines is 1. The van der Waals surface area contributed by atoms with E-state index in [1.165, 1.54) is 27.4 Å². The zero-order chi connectivity index (χ0) is 14.3. The van der Waals surface area contributed by atoms with Crippen molar-refractivity contribution in [1.82, 2.24) is 10.3 Å². The van der Waals surface area contributed by atoms with Gasteiger partial charge in [-0.05, 0) is 36.2 Å². The zero-order valence-electron chi connectivity index (χ0n) is 12.6. The second-order valence-electron chi connectivity index (χ2n) is 6.56. The van der Waals surface area contributed by atoms with E-state index in [-0.39, 0.29) is 5.41 Å². The Hall–Kier alpha value is -1.80. The standard InChI is InChI=1S/C18H22N2/c1-18(2,3)17(19-4)12-9-10-16-14(11-12)13-7-5-6-8-15(13)20-16/h5-11,17,19-20H,1-4H3. The highest BCUT2D eigenvalue weighted by molar-refractivity contribution is 6.07. The van der Waals surface area contributed by atoms with Gasteiger partial charge in [0, 0.05) is 27.8 Å². The van der Waals surface area contributed by atoms with Crippen molar-refractivity contribution in [3.63, 3.8) is 0 Å².